The first kappa shape index (κ1) is 13.3. The van der Waals surface area contributed by atoms with Gasteiger partial charge in [-0.05, 0) is 49.2 Å². The van der Waals surface area contributed by atoms with Gasteiger partial charge in [-0.3, -0.25) is 4.90 Å². The van der Waals surface area contributed by atoms with Crippen molar-refractivity contribution in [2.24, 2.45) is 5.92 Å². The van der Waals surface area contributed by atoms with Crippen molar-refractivity contribution in [1.82, 2.24) is 14.7 Å². The van der Waals surface area contributed by atoms with Gasteiger partial charge in [-0.2, -0.15) is 5.10 Å². The number of aromatic nitrogens is 2. The molecule has 2 heterocycles. The minimum atomic E-state index is -0.242. The lowest BCUT2D eigenvalue weighted by Crippen LogP contribution is -2.21. The van der Waals surface area contributed by atoms with E-state index in [1.807, 2.05) is 12.3 Å². The standard InChI is InChI=1S/C15H18FN3O/c16-13-1-3-15(4-2-13)19-8-6-14(17-19)10-18-7-5-12(9-18)11-20/h1-4,6,8,12,20H,5,7,9-11H2. The molecule has 1 saturated heterocycles. The number of hydrogen-bond donors (Lipinski definition) is 1. The Morgan fingerprint density at radius 2 is 2.05 bits per heavy atom. The van der Waals surface area contributed by atoms with Crippen molar-refractivity contribution in [2.45, 2.75) is 13.0 Å². The highest BCUT2D eigenvalue weighted by molar-refractivity contribution is 5.31. The van der Waals surface area contributed by atoms with Crippen LogP contribution in [0.25, 0.3) is 5.69 Å². The smallest absolute Gasteiger partial charge is 0.123 e. The molecule has 106 valence electrons. The van der Waals surface area contributed by atoms with E-state index >= 15 is 0 Å². The Hall–Kier alpha value is -1.72. The van der Waals surface area contributed by atoms with Crippen molar-refractivity contribution >= 4 is 0 Å². The topological polar surface area (TPSA) is 41.3 Å². The van der Waals surface area contributed by atoms with Gasteiger partial charge in [0.15, 0.2) is 0 Å². The Bertz CT molecular complexity index is 567. The number of benzene rings is 1. The Kier molecular flexibility index (Phi) is 3.80. The van der Waals surface area contributed by atoms with Gasteiger partial charge in [0.05, 0.1) is 11.4 Å². The highest BCUT2D eigenvalue weighted by Gasteiger charge is 2.22. The first-order valence-corrected chi connectivity index (χ1v) is 6.88. The van der Waals surface area contributed by atoms with Crippen molar-refractivity contribution in [3.05, 3.63) is 48.0 Å². The quantitative estimate of drug-likeness (QED) is 0.925. The van der Waals surface area contributed by atoms with Crippen molar-refractivity contribution in [3.63, 3.8) is 0 Å². The zero-order chi connectivity index (χ0) is 13.9. The highest BCUT2D eigenvalue weighted by atomic mass is 19.1. The van der Waals surface area contributed by atoms with Gasteiger partial charge in [0.1, 0.15) is 5.82 Å². The van der Waals surface area contributed by atoms with Crippen molar-refractivity contribution in [1.29, 1.82) is 0 Å². The normalized spacial score (nSPS) is 19.6. The van der Waals surface area contributed by atoms with Crippen LogP contribution < -0.4 is 0 Å². The average Bonchev–Trinajstić information content (AvgIpc) is 3.09. The maximum Gasteiger partial charge on any atom is 0.123 e. The number of hydrogen-bond acceptors (Lipinski definition) is 3. The molecule has 1 aromatic heterocycles. The third-order valence-corrected chi connectivity index (χ3v) is 3.75. The van der Waals surface area contributed by atoms with Crippen LogP contribution in [0.1, 0.15) is 12.1 Å². The van der Waals surface area contributed by atoms with Gasteiger partial charge < -0.3 is 5.11 Å². The molecule has 1 aromatic carbocycles. The summed E-state index contributed by atoms with van der Waals surface area (Å²) in [6, 6.07) is 8.27. The molecular formula is C15H18FN3O. The van der Waals surface area contributed by atoms with Crippen LogP contribution in [0.4, 0.5) is 4.39 Å². The molecule has 3 rings (SSSR count). The molecule has 1 atom stereocenters. The molecule has 20 heavy (non-hydrogen) atoms. The highest BCUT2D eigenvalue weighted by Crippen LogP contribution is 2.18. The van der Waals surface area contributed by atoms with Crippen molar-refractivity contribution in [2.75, 3.05) is 19.7 Å². The molecule has 0 saturated carbocycles. The first-order chi connectivity index (χ1) is 9.74. The fraction of sp³-hybridized carbons (Fsp3) is 0.400. The second kappa shape index (κ2) is 5.73. The van der Waals surface area contributed by atoms with E-state index in [0.29, 0.717) is 5.92 Å². The monoisotopic (exact) mass is 275 g/mol. The summed E-state index contributed by atoms with van der Waals surface area (Å²) in [6.07, 6.45) is 2.94. The molecule has 1 aliphatic rings. The predicted molar refractivity (Wildman–Crippen MR) is 74.0 cm³/mol. The van der Waals surface area contributed by atoms with Gasteiger partial charge in [0, 0.05) is 25.9 Å². The zero-order valence-corrected chi connectivity index (χ0v) is 11.2. The largest absolute Gasteiger partial charge is 0.396 e. The lowest BCUT2D eigenvalue weighted by Gasteiger charge is -2.13. The molecule has 1 unspecified atom stereocenters. The minimum absolute atomic E-state index is 0.242. The zero-order valence-electron chi connectivity index (χ0n) is 11.2. The fourth-order valence-electron chi connectivity index (χ4n) is 2.62. The van der Waals surface area contributed by atoms with E-state index in [-0.39, 0.29) is 12.4 Å². The second-order valence-corrected chi connectivity index (χ2v) is 5.30. The molecule has 0 amide bonds. The van der Waals surface area contributed by atoms with Crippen molar-refractivity contribution in [3.8, 4) is 5.69 Å². The number of aliphatic hydroxyl groups excluding tert-OH is 1. The molecule has 1 N–H and O–H groups in total. The summed E-state index contributed by atoms with van der Waals surface area (Å²) in [5.74, 6) is 0.155. The van der Waals surface area contributed by atoms with E-state index in [4.69, 9.17) is 5.11 Å². The van der Waals surface area contributed by atoms with Gasteiger partial charge in [-0.15, -0.1) is 0 Å². The molecule has 0 bridgehead atoms. The van der Waals surface area contributed by atoms with Crippen LogP contribution in [-0.2, 0) is 6.54 Å². The van der Waals surface area contributed by atoms with Crippen LogP contribution in [0.15, 0.2) is 36.5 Å². The molecule has 5 heteroatoms. The summed E-state index contributed by atoms with van der Waals surface area (Å²) in [5, 5.41) is 13.7. The van der Waals surface area contributed by atoms with Crippen LogP contribution in [0, 0.1) is 11.7 Å². The number of nitrogens with zero attached hydrogens (tertiary/aromatic N) is 3. The first-order valence-electron chi connectivity index (χ1n) is 6.88. The molecule has 0 radical (unpaired) electrons. The van der Waals surface area contributed by atoms with Crippen LogP contribution in [0.3, 0.4) is 0 Å². The van der Waals surface area contributed by atoms with Crippen molar-refractivity contribution < 1.29 is 9.50 Å². The number of rotatable bonds is 4. The molecule has 0 spiro atoms. The fourth-order valence-corrected chi connectivity index (χ4v) is 2.62. The van der Waals surface area contributed by atoms with E-state index in [2.05, 4.69) is 10.00 Å². The predicted octanol–water partition coefficient (Wildman–Crippen LogP) is 1.83. The molecular weight excluding hydrogens is 257 g/mol. The maximum absolute atomic E-state index is 12.9. The Labute approximate surface area is 117 Å². The summed E-state index contributed by atoms with van der Waals surface area (Å²) in [4.78, 5) is 2.30. The molecule has 4 nitrogen and oxygen atoms in total. The second-order valence-electron chi connectivity index (χ2n) is 5.30. The Morgan fingerprint density at radius 1 is 1.25 bits per heavy atom. The third kappa shape index (κ3) is 2.89. The van der Waals surface area contributed by atoms with Gasteiger partial charge in [0.25, 0.3) is 0 Å². The number of aliphatic hydroxyl groups is 1. The number of likely N-dealkylation sites (tertiary alicyclic amines) is 1. The summed E-state index contributed by atoms with van der Waals surface area (Å²) < 4.78 is 14.6. The summed E-state index contributed by atoms with van der Waals surface area (Å²) in [6.45, 7) is 3.00. The molecule has 1 aliphatic heterocycles. The van der Waals surface area contributed by atoms with Gasteiger partial charge in [-0.1, -0.05) is 0 Å². The summed E-state index contributed by atoms with van der Waals surface area (Å²) in [5.41, 5.74) is 1.85. The molecule has 0 aliphatic carbocycles. The maximum atomic E-state index is 12.9. The third-order valence-electron chi connectivity index (χ3n) is 3.75. The van der Waals surface area contributed by atoms with Gasteiger partial charge >= 0.3 is 0 Å². The lowest BCUT2D eigenvalue weighted by atomic mass is 10.1. The van der Waals surface area contributed by atoms with Gasteiger partial charge in [0.2, 0.25) is 0 Å². The SMILES string of the molecule is OCC1CCN(Cc2ccn(-c3ccc(F)cc3)n2)C1. The Balaban J connectivity index is 1.66. The van der Waals surface area contributed by atoms with Gasteiger partial charge in [-0.25, -0.2) is 9.07 Å². The lowest BCUT2D eigenvalue weighted by molar-refractivity contribution is 0.219. The van der Waals surface area contributed by atoms with E-state index in [1.54, 1.807) is 16.8 Å². The average molecular weight is 275 g/mol. The van der Waals surface area contributed by atoms with Crippen LogP contribution in [-0.4, -0.2) is 39.5 Å². The molecule has 1 fully saturated rings. The van der Waals surface area contributed by atoms with E-state index in [0.717, 1.165) is 37.4 Å². The van der Waals surface area contributed by atoms with E-state index in [1.165, 1.54) is 12.1 Å². The molecule has 2 aromatic rings. The van der Waals surface area contributed by atoms with Crippen LogP contribution in [0.5, 0.6) is 0 Å². The summed E-state index contributed by atoms with van der Waals surface area (Å²) in [7, 11) is 0. The summed E-state index contributed by atoms with van der Waals surface area (Å²) >= 11 is 0. The minimum Gasteiger partial charge on any atom is -0.396 e. The van der Waals surface area contributed by atoms with E-state index < -0.39 is 0 Å². The van der Waals surface area contributed by atoms with E-state index in [9.17, 15) is 4.39 Å². The van der Waals surface area contributed by atoms with Crippen LogP contribution >= 0.6 is 0 Å². The Morgan fingerprint density at radius 3 is 2.75 bits per heavy atom. The van der Waals surface area contributed by atoms with Crippen LogP contribution in [0.2, 0.25) is 0 Å². The number of halogens is 1.